The normalized spacial score (nSPS) is 11.6. The standard InChI is InChI=1S/C12H11F3N2O3/c1-17(7-12(13,14)15)11(20)9-4-5-16-6-8(9)2-3-10(18)19/h2-6H,7H2,1H3,(H,18,19). The van der Waals surface area contributed by atoms with Gasteiger partial charge in [0.25, 0.3) is 5.91 Å². The van der Waals surface area contributed by atoms with Crippen LogP contribution >= 0.6 is 0 Å². The number of carboxylic acid groups (broad SMARTS) is 1. The van der Waals surface area contributed by atoms with Crippen LogP contribution in [-0.2, 0) is 4.79 Å². The predicted molar refractivity (Wildman–Crippen MR) is 63.9 cm³/mol. The van der Waals surface area contributed by atoms with Crippen LogP contribution in [0.1, 0.15) is 15.9 Å². The molecule has 5 nitrogen and oxygen atoms in total. The molecule has 0 saturated heterocycles. The van der Waals surface area contributed by atoms with Crippen molar-refractivity contribution in [3.05, 3.63) is 35.7 Å². The van der Waals surface area contributed by atoms with Gasteiger partial charge >= 0.3 is 12.1 Å². The van der Waals surface area contributed by atoms with E-state index in [0.29, 0.717) is 4.90 Å². The molecule has 0 aliphatic carbocycles. The summed E-state index contributed by atoms with van der Waals surface area (Å²) < 4.78 is 36.7. The zero-order valence-electron chi connectivity index (χ0n) is 10.4. The van der Waals surface area contributed by atoms with Crippen LogP contribution < -0.4 is 0 Å². The lowest BCUT2D eigenvalue weighted by molar-refractivity contribution is -0.138. The summed E-state index contributed by atoms with van der Waals surface area (Å²) in [6, 6.07) is 1.23. The molecule has 0 bridgehead atoms. The van der Waals surface area contributed by atoms with Crippen LogP contribution in [0.15, 0.2) is 24.5 Å². The minimum atomic E-state index is -4.51. The zero-order valence-corrected chi connectivity index (χ0v) is 10.4. The van der Waals surface area contributed by atoms with E-state index in [1.165, 1.54) is 18.5 Å². The Morgan fingerprint density at radius 2 is 2.10 bits per heavy atom. The van der Waals surface area contributed by atoms with Crippen molar-refractivity contribution in [3.8, 4) is 0 Å². The maximum atomic E-state index is 12.2. The Bertz CT molecular complexity index is 541. The van der Waals surface area contributed by atoms with Gasteiger partial charge in [-0.25, -0.2) is 4.79 Å². The summed E-state index contributed by atoms with van der Waals surface area (Å²) in [6.07, 6.45) is -0.184. The molecule has 0 aromatic carbocycles. The van der Waals surface area contributed by atoms with Gasteiger partial charge in [-0.15, -0.1) is 0 Å². The molecule has 108 valence electrons. The fraction of sp³-hybridized carbons (Fsp3) is 0.250. The van der Waals surface area contributed by atoms with E-state index in [-0.39, 0.29) is 11.1 Å². The quantitative estimate of drug-likeness (QED) is 0.858. The molecule has 0 unspecified atom stereocenters. The largest absolute Gasteiger partial charge is 0.478 e. The number of carbonyl (C=O) groups is 2. The molecule has 0 fully saturated rings. The Morgan fingerprint density at radius 3 is 2.65 bits per heavy atom. The highest BCUT2D eigenvalue weighted by atomic mass is 19.4. The molecular formula is C12H11F3N2O3. The fourth-order valence-corrected chi connectivity index (χ4v) is 1.44. The van der Waals surface area contributed by atoms with Crippen LogP contribution in [0, 0.1) is 0 Å². The molecule has 1 N–H and O–H groups in total. The van der Waals surface area contributed by atoms with E-state index in [1.54, 1.807) is 0 Å². The van der Waals surface area contributed by atoms with Crippen molar-refractivity contribution in [2.75, 3.05) is 13.6 Å². The molecule has 0 atom stereocenters. The number of nitrogens with zero attached hydrogens (tertiary/aromatic N) is 2. The minimum Gasteiger partial charge on any atom is -0.478 e. The Morgan fingerprint density at radius 1 is 1.45 bits per heavy atom. The fourth-order valence-electron chi connectivity index (χ4n) is 1.44. The van der Waals surface area contributed by atoms with Crippen molar-refractivity contribution >= 4 is 18.0 Å². The Hall–Kier alpha value is -2.38. The summed E-state index contributed by atoms with van der Waals surface area (Å²) >= 11 is 0. The summed E-state index contributed by atoms with van der Waals surface area (Å²) in [7, 11) is 1.01. The second-order valence-electron chi connectivity index (χ2n) is 3.91. The van der Waals surface area contributed by atoms with Crippen LogP contribution in [0.3, 0.4) is 0 Å². The number of hydrogen-bond donors (Lipinski definition) is 1. The SMILES string of the molecule is CN(CC(F)(F)F)C(=O)c1ccncc1C=CC(=O)O. The van der Waals surface area contributed by atoms with E-state index in [0.717, 1.165) is 19.2 Å². The first-order valence-corrected chi connectivity index (χ1v) is 5.38. The summed E-state index contributed by atoms with van der Waals surface area (Å²) in [6.45, 7) is -1.39. The van der Waals surface area contributed by atoms with Crippen molar-refractivity contribution < 1.29 is 27.9 Å². The van der Waals surface area contributed by atoms with Crippen molar-refractivity contribution in [2.24, 2.45) is 0 Å². The number of hydrogen-bond acceptors (Lipinski definition) is 3. The molecule has 0 radical (unpaired) electrons. The van der Waals surface area contributed by atoms with Gasteiger partial charge in [-0.3, -0.25) is 9.78 Å². The minimum absolute atomic E-state index is 0.0516. The van der Waals surface area contributed by atoms with Gasteiger partial charge in [0.2, 0.25) is 0 Å². The van der Waals surface area contributed by atoms with Crippen LogP contribution in [0.4, 0.5) is 13.2 Å². The van der Waals surface area contributed by atoms with Gasteiger partial charge in [-0.2, -0.15) is 13.2 Å². The summed E-state index contributed by atoms with van der Waals surface area (Å²) in [5.74, 6) is -2.11. The molecule has 1 aromatic heterocycles. The van der Waals surface area contributed by atoms with Crippen LogP contribution in [0.5, 0.6) is 0 Å². The summed E-state index contributed by atoms with van der Waals surface area (Å²) in [4.78, 5) is 26.5. The predicted octanol–water partition coefficient (Wildman–Crippen LogP) is 1.81. The third kappa shape index (κ3) is 4.71. The Kier molecular flexibility index (Phi) is 4.84. The second kappa shape index (κ2) is 6.18. The summed E-state index contributed by atoms with van der Waals surface area (Å²) in [5.41, 5.74) is 0.0816. The number of carboxylic acids is 1. The van der Waals surface area contributed by atoms with Crippen LogP contribution in [-0.4, -0.2) is 46.6 Å². The van der Waals surface area contributed by atoms with Crippen molar-refractivity contribution in [1.29, 1.82) is 0 Å². The second-order valence-corrected chi connectivity index (χ2v) is 3.91. The third-order valence-corrected chi connectivity index (χ3v) is 2.25. The van der Waals surface area contributed by atoms with E-state index in [4.69, 9.17) is 5.11 Å². The molecule has 1 aromatic rings. The molecule has 0 spiro atoms. The van der Waals surface area contributed by atoms with Gasteiger partial charge in [-0.05, 0) is 12.1 Å². The lowest BCUT2D eigenvalue weighted by Crippen LogP contribution is -2.36. The molecular weight excluding hydrogens is 277 g/mol. The van der Waals surface area contributed by atoms with E-state index in [1.807, 2.05) is 0 Å². The van der Waals surface area contributed by atoms with E-state index in [9.17, 15) is 22.8 Å². The number of aromatic nitrogens is 1. The zero-order chi connectivity index (χ0) is 15.3. The topological polar surface area (TPSA) is 70.5 Å². The number of rotatable bonds is 4. The van der Waals surface area contributed by atoms with Crippen molar-refractivity contribution in [3.63, 3.8) is 0 Å². The Balaban J connectivity index is 3.01. The van der Waals surface area contributed by atoms with Gasteiger partial charge in [0.1, 0.15) is 6.54 Å². The first-order chi connectivity index (χ1) is 9.20. The van der Waals surface area contributed by atoms with E-state index >= 15 is 0 Å². The van der Waals surface area contributed by atoms with E-state index < -0.39 is 24.6 Å². The number of carbonyl (C=O) groups excluding carboxylic acids is 1. The van der Waals surface area contributed by atoms with Crippen LogP contribution in [0.2, 0.25) is 0 Å². The molecule has 0 saturated carbocycles. The third-order valence-electron chi connectivity index (χ3n) is 2.25. The average molecular weight is 288 g/mol. The lowest BCUT2D eigenvalue weighted by atomic mass is 10.1. The van der Waals surface area contributed by atoms with Crippen molar-refractivity contribution in [1.82, 2.24) is 9.88 Å². The number of aliphatic carboxylic acids is 1. The first-order valence-electron chi connectivity index (χ1n) is 5.38. The summed E-state index contributed by atoms with van der Waals surface area (Å²) in [5, 5.41) is 8.52. The van der Waals surface area contributed by atoms with E-state index in [2.05, 4.69) is 4.98 Å². The average Bonchev–Trinajstić information content (AvgIpc) is 2.33. The highest BCUT2D eigenvalue weighted by Gasteiger charge is 2.31. The number of amides is 1. The highest BCUT2D eigenvalue weighted by molar-refractivity contribution is 5.98. The molecule has 1 rings (SSSR count). The molecule has 0 aliphatic heterocycles. The van der Waals surface area contributed by atoms with Gasteiger partial charge in [-0.1, -0.05) is 0 Å². The molecule has 20 heavy (non-hydrogen) atoms. The van der Waals surface area contributed by atoms with Gasteiger partial charge in [0.05, 0.1) is 0 Å². The molecule has 1 heterocycles. The maximum absolute atomic E-state index is 12.2. The van der Waals surface area contributed by atoms with Gasteiger partial charge < -0.3 is 10.0 Å². The number of alkyl halides is 3. The van der Waals surface area contributed by atoms with Gasteiger partial charge in [0.15, 0.2) is 0 Å². The molecule has 8 heteroatoms. The van der Waals surface area contributed by atoms with Gasteiger partial charge in [0, 0.05) is 36.6 Å². The monoisotopic (exact) mass is 288 g/mol. The molecule has 1 amide bonds. The molecule has 0 aliphatic rings. The van der Waals surface area contributed by atoms with Crippen molar-refractivity contribution in [2.45, 2.75) is 6.18 Å². The smallest absolute Gasteiger partial charge is 0.406 e. The Labute approximate surface area is 112 Å². The lowest BCUT2D eigenvalue weighted by Gasteiger charge is -2.19. The number of pyridine rings is 1. The first kappa shape index (κ1) is 15.7. The highest BCUT2D eigenvalue weighted by Crippen LogP contribution is 2.18. The number of halogens is 3. The van der Waals surface area contributed by atoms with Crippen LogP contribution in [0.25, 0.3) is 6.08 Å². The maximum Gasteiger partial charge on any atom is 0.406 e.